The Bertz CT molecular complexity index is 422. The van der Waals surface area contributed by atoms with Gasteiger partial charge in [-0.2, -0.15) is 0 Å². The minimum atomic E-state index is -1.41. The molecule has 0 saturated heterocycles. The van der Waals surface area contributed by atoms with Crippen LogP contribution in [0.3, 0.4) is 0 Å². The van der Waals surface area contributed by atoms with Crippen LogP contribution >= 0.6 is 0 Å². The molecule has 0 aromatic rings. The summed E-state index contributed by atoms with van der Waals surface area (Å²) in [5, 5.41) is 18.3. The van der Waals surface area contributed by atoms with Crippen LogP contribution in [0.2, 0.25) is 0 Å². The van der Waals surface area contributed by atoms with E-state index in [-0.39, 0.29) is 5.92 Å². The molecule has 17 heavy (non-hydrogen) atoms. The normalized spacial score (nSPS) is 28.6. The van der Waals surface area contributed by atoms with Crippen LogP contribution in [-0.2, 0) is 9.59 Å². The molecule has 0 amide bonds. The third kappa shape index (κ3) is 1.85. The minimum Gasteiger partial charge on any atom is -0.481 e. The van der Waals surface area contributed by atoms with Gasteiger partial charge in [0.15, 0.2) is 0 Å². The van der Waals surface area contributed by atoms with E-state index >= 15 is 0 Å². The number of aliphatic carboxylic acids is 2. The van der Waals surface area contributed by atoms with Gasteiger partial charge in [0, 0.05) is 5.92 Å². The van der Waals surface area contributed by atoms with Gasteiger partial charge in [0.2, 0.25) is 0 Å². The Labute approximate surface area is 98.4 Å². The van der Waals surface area contributed by atoms with Crippen LogP contribution in [0.25, 0.3) is 0 Å². The van der Waals surface area contributed by atoms with Crippen LogP contribution in [0.4, 0.5) is 4.39 Å². The number of carbonyl (C=O) groups is 2. The highest BCUT2D eigenvalue weighted by Crippen LogP contribution is 2.45. The number of hydrogen-bond donors (Lipinski definition) is 2. The molecule has 0 bridgehead atoms. The Hall–Kier alpha value is -1.65. The quantitative estimate of drug-likeness (QED) is 0.795. The highest BCUT2D eigenvalue weighted by atomic mass is 19.1. The van der Waals surface area contributed by atoms with Crippen molar-refractivity contribution >= 4 is 11.9 Å². The molecule has 0 fully saturated rings. The van der Waals surface area contributed by atoms with Crippen LogP contribution in [0.5, 0.6) is 0 Å². The maximum Gasteiger partial charge on any atom is 0.334 e. The second kappa shape index (κ2) is 4.31. The fourth-order valence-electron chi connectivity index (χ4n) is 2.37. The summed E-state index contributed by atoms with van der Waals surface area (Å²) in [4.78, 5) is 22.4. The lowest BCUT2D eigenvalue weighted by molar-refractivity contribution is -0.151. The second-order valence-corrected chi connectivity index (χ2v) is 4.51. The molecule has 0 aromatic carbocycles. The van der Waals surface area contributed by atoms with E-state index in [1.807, 2.05) is 0 Å². The second-order valence-electron chi connectivity index (χ2n) is 4.51. The van der Waals surface area contributed by atoms with Crippen LogP contribution in [-0.4, -0.2) is 22.2 Å². The highest BCUT2D eigenvalue weighted by molar-refractivity contribution is 5.92. The SMILES string of the molecule is CC(C)C1(C(=O)O)C=CC(F)=C(C(=O)O)C1C. The van der Waals surface area contributed by atoms with E-state index in [9.17, 15) is 19.1 Å². The molecule has 1 rings (SSSR count). The van der Waals surface area contributed by atoms with E-state index in [0.29, 0.717) is 0 Å². The van der Waals surface area contributed by atoms with E-state index in [4.69, 9.17) is 5.11 Å². The molecular weight excluding hydrogens is 227 g/mol. The molecule has 5 heteroatoms. The van der Waals surface area contributed by atoms with Gasteiger partial charge in [0.05, 0.1) is 11.0 Å². The molecule has 94 valence electrons. The molecule has 2 atom stereocenters. The average molecular weight is 242 g/mol. The molecule has 2 N–H and O–H groups in total. The summed E-state index contributed by atoms with van der Waals surface area (Å²) in [6, 6.07) is 0. The highest BCUT2D eigenvalue weighted by Gasteiger charge is 2.49. The molecule has 1 aliphatic rings. The van der Waals surface area contributed by atoms with E-state index in [0.717, 1.165) is 6.08 Å². The van der Waals surface area contributed by atoms with Crippen molar-refractivity contribution in [3.63, 3.8) is 0 Å². The van der Waals surface area contributed by atoms with Crippen molar-refractivity contribution in [1.29, 1.82) is 0 Å². The van der Waals surface area contributed by atoms with Crippen molar-refractivity contribution in [3.05, 3.63) is 23.6 Å². The first kappa shape index (κ1) is 13.4. The summed E-state index contributed by atoms with van der Waals surface area (Å²) in [5.74, 6) is -4.67. The van der Waals surface area contributed by atoms with Gasteiger partial charge in [0.25, 0.3) is 0 Å². The number of carboxylic acids is 2. The van der Waals surface area contributed by atoms with Crippen LogP contribution in [0, 0.1) is 17.3 Å². The zero-order valence-corrected chi connectivity index (χ0v) is 9.90. The zero-order valence-electron chi connectivity index (χ0n) is 9.90. The average Bonchev–Trinajstić information content (AvgIpc) is 2.16. The minimum absolute atomic E-state index is 0.339. The van der Waals surface area contributed by atoms with Gasteiger partial charge in [-0.15, -0.1) is 0 Å². The first-order chi connectivity index (χ1) is 7.75. The molecule has 2 unspecified atom stereocenters. The summed E-state index contributed by atoms with van der Waals surface area (Å²) < 4.78 is 13.4. The van der Waals surface area contributed by atoms with Gasteiger partial charge < -0.3 is 10.2 Å². The van der Waals surface area contributed by atoms with E-state index in [1.54, 1.807) is 13.8 Å². The number of hydrogen-bond acceptors (Lipinski definition) is 2. The first-order valence-electron chi connectivity index (χ1n) is 5.30. The third-order valence-electron chi connectivity index (χ3n) is 3.47. The number of halogens is 1. The molecule has 0 spiro atoms. The van der Waals surface area contributed by atoms with Gasteiger partial charge in [-0.05, 0) is 12.0 Å². The van der Waals surface area contributed by atoms with Crippen molar-refractivity contribution in [2.75, 3.05) is 0 Å². The fraction of sp³-hybridized carbons (Fsp3) is 0.500. The molecule has 0 heterocycles. The number of allylic oxidation sites excluding steroid dienone is 2. The monoisotopic (exact) mass is 242 g/mol. The molecule has 4 nitrogen and oxygen atoms in total. The largest absolute Gasteiger partial charge is 0.481 e. The Kier molecular flexibility index (Phi) is 3.40. The Morgan fingerprint density at radius 2 is 1.94 bits per heavy atom. The topological polar surface area (TPSA) is 74.6 Å². The van der Waals surface area contributed by atoms with E-state index in [2.05, 4.69) is 0 Å². The van der Waals surface area contributed by atoms with Crippen molar-refractivity contribution in [1.82, 2.24) is 0 Å². The van der Waals surface area contributed by atoms with Gasteiger partial charge in [0.1, 0.15) is 5.83 Å². The van der Waals surface area contributed by atoms with Crippen molar-refractivity contribution in [2.45, 2.75) is 20.8 Å². The third-order valence-corrected chi connectivity index (χ3v) is 3.47. The lowest BCUT2D eigenvalue weighted by Crippen LogP contribution is -2.44. The first-order valence-corrected chi connectivity index (χ1v) is 5.30. The maximum atomic E-state index is 13.4. The molecular formula is C12H15FO4. The summed E-state index contributed by atoms with van der Waals surface area (Å²) in [6.45, 7) is 4.79. The summed E-state index contributed by atoms with van der Waals surface area (Å²) >= 11 is 0. The molecule has 0 radical (unpaired) electrons. The van der Waals surface area contributed by atoms with E-state index < -0.39 is 34.7 Å². The summed E-state index contributed by atoms with van der Waals surface area (Å²) in [6.07, 6.45) is 2.20. The lowest BCUT2D eigenvalue weighted by Gasteiger charge is -2.38. The van der Waals surface area contributed by atoms with Crippen LogP contribution < -0.4 is 0 Å². The maximum absolute atomic E-state index is 13.4. The number of carboxylic acid groups (broad SMARTS) is 2. The summed E-state index contributed by atoms with van der Waals surface area (Å²) in [7, 11) is 0. The van der Waals surface area contributed by atoms with Crippen LogP contribution in [0.15, 0.2) is 23.6 Å². The van der Waals surface area contributed by atoms with Crippen molar-refractivity contribution in [3.8, 4) is 0 Å². The van der Waals surface area contributed by atoms with Crippen molar-refractivity contribution < 1.29 is 24.2 Å². The molecule has 1 aliphatic carbocycles. The smallest absolute Gasteiger partial charge is 0.334 e. The molecule has 0 saturated carbocycles. The van der Waals surface area contributed by atoms with Gasteiger partial charge >= 0.3 is 11.9 Å². The van der Waals surface area contributed by atoms with Gasteiger partial charge in [-0.1, -0.05) is 26.8 Å². The van der Waals surface area contributed by atoms with Crippen molar-refractivity contribution in [2.24, 2.45) is 17.3 Å². The van der Waals surface area contributed by atoms with Crippen LogP contribution in [0.1, 0.15) is 20.8 Å². The lowest BCUT2D eigenvalue weighted by atomic mass is 9.63. The van der Waals surface area contributed by atoms with Gasteiger partial charge in [-0.3, -0.25) is 4.79 Å². The number of rotatable bonds is 3. The van der Waals surface area contributed by atoms with Gasteiger partial charge in [-0.25, -0.2) is 9.18 Å². The van der Waals surface area contributed by atoms with E-state index in [1.165, 1.54) is 13.0 Å². The predicted octanol–water partition coefficient (Wildman–Crippen LogP) is 2.23. The Morgan fingerprint density at radius 3 is 2.29 bits per heavy atom. The molecule has 0 aliphatic heterocycles. The fourth-order valence-corrected chi connectivity index (χ4v) is 2.37. The summed E-state index contributed by atoms with van der Waals surface area (Å²) in [5.41, 5.74) is -1.84. The Balaban J connectivity index is 3.39. The Morgan fingerprint density at radius 1 is 1.41 bits per heavy atom. The predicted molar refractivity (Wildman–Crippen MR) is 59.0 cm³/mol. The zero-order chi connectivity index (χ0) is 13.4. The molecule has 0 aromatic heterocycles. The standard InChI is InChI=1S/C12H15FO4/c1-6(2)12(11(16)17)5-4-8(13)9(7(12)3)10(14)15/h4-7H,1-3H3,(H,14,15)(H,16,17).